The van der Waals surface area contributed by atoms with E-state index < -0.39 is 12.1 Å². The third-order valence-corrected chi connectivity index (χ3v) is 6.11. The number of benzene rings is 3. The molecule has 0 aliphatic carbocycles. The summed E-state index contributed by atoms with van der Waals surface area (Å²) in [4.78, 5) is 45.3. The second-order valence-electron chi connectivity index (χ2n) is 7.54. The van der Waals surface area contributed by atoms with Crippen LogP contribution in [0.1, 0.15) is 34.8 Å². The van der Waals surface area contributed by atoms with Crippen LogP contribution in [0.15, 0.2) is 82.5 Å². The van der Waals surface area contributed by atoms with E-state index in [1.54, 1.807) is 79.7 Å². The Morgan fingerprint density at radius 3 is 2.71 bits per heavy atom. The number of aromatic nitrogens is 2. The number of nitrogens with zero attached hydrogens (tertiary/aromatic N) is 2. The minimum atomic E-state index is -0.798. The molecule has 9 heteroatoms. The first-order valence-corrected chi connectivity index (χ1v) is 11.6. The standard InChI is InChI=1S/C26H20N4O4S/c1-16(24-29-21-11-4-2-9-19(21)25(32)30-24)34-26(33)20-10-3-5-12-22(20)35-15-23(31)28-18-8-6-7-17(13-18)14-27/h2-13,16H,15H2,1H3,(H,28,31)(H,29,30,32). The molecule has 174 valence electrons. The molecule has 35 heavy (non-hydrogen) atoms. The molecule has 4 aromatic rings. The number of ether oxygens (including phenoxy) is 1. The Hall–Kier alpha value is -4.42. The van der Waals surface area contributed by atoms with Crippen molar-refractivity contribution in [1.29, 1.82) is 5.26 Å². The first-order valence-electron chi connectivity index (χ1n) is 10.7. The van der Waals surface area contributed by atoms with Crippen molar-refractivity contribution in [1.82, 2.24) is 9.97 Å². The Morgan fingerprint density at radius 2 is 1.89 bits per heavy atom. The average Bonchev–Trinajstić information content (AvgIpc) is 2.87. The summed E-state index contributed by atoms with van der Waals surface area (Å²) in [5.41, 5.74) is 1.46. The summed E-state index contributed by atoms with van der Waals surface area (Å²) in [7, 11) is 0. The van der Waals surface area contributed by atoms with Gasteiger partial charge in [-0.1, -0.05) is 30.3 Å². The van der Waals surface area contributed by atoms with E-state index in [9.17, 15) is 14.4 Å². The molecule has 0 saturated heterocycles. The Labute approximate surface area is 205 Å². The van der Waals surface area contributed by atoms with Crippen molar-refractivity contribution in [3.63, 3.8) is 0 Å². The van der Waals surface area contributed by atoms with Crippen molar-refractivity contribution >= 4 is 40.2 Å². The third kappa shape index (κ3) is 5.75. The summed E-state index contributed by atoms with van der Waals surface area (Å²) < 4.78 is 5.58. The lowest BCUT2D eigenvalue weighted by Crippen LogP contribution is -2.18. The first kappa shape index (κ1) is 23.7. The summed E-state index contributed by atoms with van der Waals surface area (Å²) in [6, 6.07) is 22.4. The lowest BCUT2D eigenvalue weighted by molar-refractivity contribution is -0.113. The lowest BCUT2D eigenvalue weighted by Gasteiger charge is -2.15. The summed E-state index contributed by atoms with van der Waals surface area (Å²) in [5, 5.41) is 12.2. The Kier molecular flexibility index (Phi) is 7.24. The van der Waals surface area contributed by atoms with Crippen LogP contribution < -0.4 is 10.9 Å². The molecule has 2 N–H and O–H groups in total. The zero-order valence-corrected chi connectivity index (χ0v) is 19.5. The number of hydrogen-bond donors (Lipinski definition) is 2. The van der Waals surface area contributed by atoms with Gasteiger partial charge in [-0.3, -0.25) is 9.59 Å². The minimum absolute atomic E-state index is 0.0518. The molecule has 0 aliphatic heterocycles. The Balaban J connectivity index is 1.43. The number of H-pyrrole nitrogens is 1. The highest BCUT2D eigenvalue weighted by Gasteiger charge is 2.20. The molecule has 0 aliphatic rings. The predicted molar refractivity (Wildman–Crippen MR) is 133 cm³/mol. The van der Waals surface area contributed by atoms with Crippen LogP contribution in [-0.4, -0.2) is 27.6 Å². The Morgan fingerprint density at radius 1 is 1.11 bits per heavy atom. The smallest absolute Gasteiger partial charge is 0.339 e. The largest absolute Gasteiger partial charge is 0.451 e. The molecule has 3 aromatic carbocycles. The van der Waals surface area contributed by atoms with E-state index in [0.717, 1.165) is 0 Å². The third-order valence-electron chi connectivity index (χ3n) is 5.04. The van der Waals surface area contributed by atoms with Gasteiger partial charge in [0.2, 0.25) is 5.91 Å². The molecule has 4 rings (SSSR count). The van der Waals surface area contributed by atoms with Crippen LogP contribution in [0.4, 0.5) is 5.69 Å². The van der Waals surface area contributed by atoms with E-state index in [1.807, 2.05) is 6.07 Å². The zero-order valence-electron chi connectivity index (χ0n) is 18.6. The summed E-state index contributed by atoms with van der Waals surface area (Å²) in [5.74, 6) is -0.583. The molecule has 1 heterocycles. The summed E-state index contributed by atoms with van der Waals surface area (Å²) in [6.45, 7) is 1.63. The second kappa shape index (κ2) is 10.7. The maximum absolute atomic E-state index is 12.9. The maximum Gasteiger partial charge on any atom is 0.339 e. The normalized spacial score (nSPS) is 11.4. The number of para-hydroxylation sites is 1. The highest BCUT2D eigenvalue weighted by atomic mass is 32.2. The van der Waals surface area contributed by atoms with Gasteiger partial charge in [-0.15, -0.1) is 11.8 Å². The number of nitriles is 1. The van der Waals surface area contributed by atoms with Gasteiger partial charge < -0.3 is 15.0 Å². The second-order valence-corrected chi connectivity index (χ2v) is 8.56. The van der Waals surface area contributed by atoms with Crippen LogP contribution >= 0.6 is 11.8 Å². The summed E-state index contributed by atoms with van der Waals surface area (Å²) >= 11 is 1.19. The van der Waals surface area contributed by atoms with Gasteiger partial charge in [-0.05, 0) is 49.4 Å². The minimum Gasteiger partial charge on any atom is -0.451 e. The number of nitrogens with one attached hydrogen (secondary N) is 2. The molecule has 0 bridgehead atoms. The molecule has 0 saturated carbocycles. The SMILES string of the molecule is CC(OC(=O)c1ccccc1SCC(=O)Nc1cccc(C#N)c1)c1nc2ccccc2c(=O)[nH]1. The van der Waals surface area contributed by atoms with Gasteiger partial charge in [-0.2, -0.15) is 5.26 Å². The fourth-order valence-corrected chi connectivity index (χ4v) is 4.19. The number of rotatable bonds is 7. The van der Waals surface area contributed by atoms with Crippen LogP contribution in [-0.2, 0) is 9.53 Å². The van der Waals surface area contributed by atoms with Gasteiger partial charge in [0.25, 0.3) is 5.56 Å². The van der Waals surface area contributed by atoms with Gasteiger partial charge in [-0.25, -0.2) is 9.78 Å². The fourth-order valence-electron chi connectivity index (χ4n) is 3.34. The lowest BCUT2D eigenvalue weighted by atomic mass is 10.2. The fraction of sp³-hybridized carbons (Fsp3) is 0.115. The van der Waals surface area contributed by atoms with Crippen molar-refractivity contribution < 1.29 is 14.3 Å². The molecule has 8 nitrogen and oxygen atoms in total. The van der Waals surface area contributed by atoms with E-state index in [1.165, 1.54) is 11.8 Å². The first-order chi connectivity index (χ1) is 16.9. The highest BCUT2D eigenvalue weighted by molar-refractivity contribution is 8.00. The average molecular weight is 485 g/mol. The number of hydrogen-bond acceptors (Lipinski definition) is 7. The molecule has 0 spiro atoms. The molecule has 0 radical (unpaired) electrons. The van der Waals surface area contributed by atoms with Gasteiger partial charge in [0.15, 0.2) is 11.9 Å². The van der Waals surface area contributed by atoms with Crippen molar-refractivity contribution in [3.8, 4) is 6.07 Å². The number of carbonyl (C=O) groups excluding carboxylic acids is 2. The van der Waals surface area contributed by atoms with Crippen LogP contribution in [0, 0.1) is 11.3 Å². The number of carbonyl (C=O) groups is 2. The topological polar surface area (TPSA) is 125 Å². The number of aromatic amines is 1. The predicted octanol–water partition coefficient (Wildman–Crippen LogP) is 4.44. The van der Waals surface area contributed by atoms with E-state index in [0.29, 0.717) is 32.6 Å². The number of anilines is 1. The van der Waals surface area contributed by atoms with E-state index in [-0.39, 0.29) is 23.0 Å². The van der Waals surface area contributed by atoms with Crippen molar-refractivity contribution in [2.75, 3.05) is 11.1 Å². The molecule has 1 atom stereocenters. The molecule has 1 aromatic heterocycles. The monoisotopic (exact) mass is 484 g/mol. The van der Waals surface area contributed by atoms with E-state index in [4.69, 9.17) is 10.00 Å². The molecular weight excluding hydrogens is 464 g/mol. The summed E-state index contributed by atoms with van der Waals surface area (Å²) in [6.07, 6.45) is -0.798. The van der Waals surface area contributed by atoms with Crippen LogP contribution in [0.2, 0.25) is 0 Å². The highest BCUT2D eigenvalue weighted by Crippen LogP contribution is 2.25. The number of esters is 1. The van der Waals surface area contributed by atoms with E-state index >= 15 is 0 Å². The van der Waals surface area contributed by atoms with Crippen LogP contribution in [0.5, 0.6) is 0 Å². The van der Waals surface area contributed by atoms with Gasteiger partial charge >= 0.3 is 5.97 Å². The molecule has 1 unspecified atom stereocenters. The number of fused-ring (bicyclic) bond motifs is 1. The van der Waals surface area contributed by atoms with E-state index in [2.05, 4.69) is 15.3 Å². The number of amides is 1. The van der Waals surface area contributed by atoms with Crippen molar-refractivity contribution in [2.45, 2.75) is 17.9 Å². The van der Waals surface area contributed by atoms with Gasteiger partial charge in [0, 0.05) is 10.6 Å². The zero-order chi connectivity index (χ0) is 24.8. The quantitative estimate of drug-likeness (QED) is 0.293. The maximum atomic E-state index is 12.9. The molecule has 0 fully saturated rings. The van der Waals surface area contributed by atoms with Crippen molar-refractivity contribution in [2.24, 2.45) is 0 Å². The van der Waals surface area contributed by atoms with Crippen LogP contribution in [0.3, 0.4) is 0 Å². The molecule has 1 amide bonds. The number of thioether (sulfide) groups is 1. The van der Waals surface area contributed by atoms with Crippen molar-refractivity contribution in [3.05, 3.63) is 100 Å². The Bertz CT molecular complexity index is 1510. The van der Waals surface area contributed by atoms with Crippen LogP contribution in [0.25, 0.3) is 10.9 Å². The van der Waals surface area contributed by atoms with Gasteiger partial charge in [0.1, 0.15) is 0 Å². The molecular formula is C26H20N4O4S. The van der Waals surface area contributed by atoms with Gasteiger partial charge in [0.05, 0.1) is 33.9 Å².